The fourth-order valence-electron chi connectivity index (χ4n) is 2.59. The van der Waals surface area contributed by atoms with E-state index in [0.29, 0.717) is 29.6 Å². The van der Waals surface area contributed by atoms with Crippen molar-refractivity contribution in [2.75, 3.05) is 18.5 Å². The van der Waals surface area contributed by atoms with Crippen molar-refractivity contribution in [3.05, 3.63) is 82.9 Å². The Kier molecular flexibility index (Phi) is 6.83. The van der Waals surface area contributed by atoms with Crippen molar-refractivity contribution in [1.82, 2.24) is 0 Å². The smallest absolute Gasteiger partial charge is 0.296 e. The minimum Gasteiger partial charge on any atom is -0.494 e. The molecule has 0 bridgehead atoms. The standard InChI is InChI=1S/C22H20N2O6/c1-2-28-19-12-13-20(21(14-19)24(26)27)23-22(25)15-29-16-8-10-18(11-9-16)30-17-6-4-3-5-7-17/h3-14H,2,15H2,1H3,(H,23,25). The van der Waals surface area contributed by atoms with Gasteiger partial charge in [-0.3, -0.25) is 14.9 Å². The van der Waals surface area contributed by atoms with E-state index in [1.54, 1.807) is 37.3 Å². The van der Waals surface area contributed by atoms with Gasteiger partial charge in [0.2, 0.25) is 0 Å². The molecule has 1 N–H and O–H groups in total. The van der Waals surface area contributed by atoms with Crippen LogP contribution in [0.25, 0.3) is 0 Å². The number of carbonyl (C=O) groups excluding carboxylic acids is 1. The highest BCUT2D eigenvalue weighted by molar-refractivity contribution is 5.94. The van der Waals surface area contributed by atoms with Gasteiger partial charge in [-0.1, -0.05) is 18.2 Å². The summed E-state index contributed by atoms with van der Waals surface area (Å²) in [7, 11) is 0. The second-order valence-corrected chi connectivity index (χ2v) is 6.09. The summed E-state index contributed by atoms with van der Waals surface area (Å²) in [6, 6.07) is 20.4. The molecule has 3 rings (SSSR count). The Bertz CT molecular complexity index is 1010. The summed E-state index contributed by atoms with van der Waals surface area (Å²) in [4.78, 5) is 22.8. The third kappa shape index (κ3) is 5.71. The maximum absolute atomic E-state index is 12.2. The molecule has 0 unspecified atom stereocenters. The summed E-state index contributed by atoms with van der Waals surface area (Å²) >= 11 is 0. The highest BCUT2D eigenvalue weighted by Crippen LogP contribution is 2.29. The van der Waals surface area contributed by atoms with Crippen LogP contribution in [0.2, 0.25) is 0 Å². The molecule has 0 saturated heterocycles. The molecule has 154 valence electrons. The fourth-order valence-corrected chi connectivity index (χ4v) is 2.59. The predicted molar refractivity (Wildman–Crippen MR) is 111 cm³/mol. The van der Waals surface area contributed by atoms with Gasteiger partial charge in [0.25, 0.3) is 11.6 Å². The van der Waals surface area contributed by atoms with Crippen molar-refractivity contribution in [3.63, 3.8) is 0 Å². The number of para-hydroxylation sites is 1. The molecule has 0 aliphatic rings. The number of amides is 1. The van der Waals surface area contributed by atoms with Gasteiger partial charge in [0.05, 0.1) is 17.6 Å². The summed E-state index contributed by atoms with van der Waals surface area (Å²) in [6.45, 7) is 1.86. The van der Waals surface area contributed by atoms with Gasteiger partial charge in [-0.25, -0.2) is 0 Å². The average Bonchev–Trinajstić information content (AvgIpc) is 2.75. The number of benzene rings is 3. The van der Waals surface area contributed by atoms with Crippen molar-refractivity contribution in [2.24, 2.45) is 0 Å². The van der Waals surface area contributed by atoms with E-state index >= 15 is 0 Å². The monoisotopic (exact) mass is 408 g/mol. The van der Waals surface area contributed by atoms with Crippen molar-refractivity contribution in [2.45, 2.75) is 6.92 Å². The van der Waals surface area contributed by atoms with Crippen molar-refractivity contribution >= 4 is 17.3 Å². The van der Waals surface area contributed by atoms with Crippen LogP contribution >= 0.6 is 0 Å². The quantitative estimate of drug-likeness (QED) is 0.403. The lowest BCUT2D eigenvalue weighted by Crippen LogP contribution is -2.20. The van der Waals surface area contributed by atoms with E-state index in [2.05, 4.69) is 5.32 Å². The van der Waals surface area contributed by atoms with Crippen molar-refractivity contribution < 1.29 is 23.9 Å². The molecule has 0 heterocycles. The second-order valence-electron chi connectivity index (χ2n) is 6.09. The van der Waals surface area contributed by atoms with E-state index in [4.69, 9.17) is 14.2 Å². The molecule has 0 aliphatic carbocycles. The van der Waals surface area contributed by atoms with Gasteiger partial charge in [0.1, 0.15) is 28.7 Å². The van der Waals surface area contributed by atoms with E-state index in [9.17, 15) is 14.9 Å². The van der Waals surface area contributed by atoms with Gasteiger partial charge < -0.3 is 19.5 Å². The first kappa shape index (κ1) is 20.7. The predicted octanol–water partition coefficient (Wildman–Crippen LogP) is 4.80. The number of nitro benzene ring substituents is 1. The molecule has 0 fully saturated rings. The minimum atomic E-state index is -0.579. The van der Waals surface area contributed by atoms with Crippen molar-refractivity contribution in [1.29, 1.82) is 0 Å². The fraction of sp³-hybridized carbons (Fsp3) is 0.136. The molecule has 3 aromatic carbocycles. The lowest BCUT2D eigenvalue weighted by atomic mass is 10.2. The lowest BCUT2D eigenvalue weighted by molar-refractivity contribution is -0.384. The zero-order valence-corrected chi connectivity index (χ0v) is 16.2. The summed E-state index contributed by atoms with van der Waals surface area (Å²) in [5, 5.41) is 13.7. The summed E-state index contributed by atoms with van der Waals surface area (Å²) in [5.74, 6) is 1.64. The number of hydrogen-bond acceptors (Lipinski definition) is 6. The first-order valence-electron chi connectivity index (χ1n) is 9.22. The van der Waals surface area contributed by atoms with Crippen LogP contribution < -0.4 is 19.5 Å². The SMILES string of the molecule is CCOc1ccc(NC(=O)COc2ccc(Oc3ccccc3)cc2)c([N+](=O)[O-])c1. The van der Waals surface area contributed by atoms with Gasteiger partial charge in [-0.15, -0.1) is 0 Å². The molecule has 0 atom stereocenters. The minimum absolute atomic E-state index is 0.0728. The Hall–Kier alpha value is -4.07. The topological polar surface area (TPSA) is 99.9 Å². The van der Waals surface area contributed by atoms with E-state index in [-0.39, 0.29) is 18.0 Å². The molecule has 0 aromatic heterocycles. The Morgan fingerprint density at radius 2 is 1.53 bits per heavy atom. The number of ether oxygens (including phenoxy) is 3. The highest BCUT2D eigenvalue weighted by Gasteiger charge is 2.17. The zero-order valence-electron chi connectivity index (χ0n) is 16.2. The van der Waals surface area contributed by atoms with Crippen LogP contribution in [-0.4, -0.2) is 24.0 Å². The number of nitrogens with zero attached hydrogens (tertiary/aromatic N) is 1. The maximum Gasteiger partial charge on any atom is 0.296 e. The number of hydrogen-bond donors (Lipinski definition) is 1. The Morgan fingerprint density at radius 3 is 2.20 bits per heavy atom. The third-order valence-electron chi connectivity index (χ3n) is 3.92. The van der Waals surface area contributed by atoms with Crippen LogP contribution in [0.3, 0.4) is 0 Å². The Labute approximate surface area is 173 Å². The number of carbonyl (C=O) groups is 1. The normalized spacial score (nSPS) is 10.2. The molecule has 0 radical (unpaired) electrons. The first-order chi connectivity index (χ1) is 14.5. The molecule has 3 aromatic rings. The van der Waals surface area contributed by atoms with E-state index in [1.807, 2.05) is 30.3 Å². The molecule has 0 spiro atoms. The largest absolute Gasteiger partial charge is 0.494 e. The molecule has 8 heteroatoms. The maximum atomic E-state index is 12.2. The van der Waals surface area contributed by atoms with Crippen LogP contribution in [-0.2, 0) is 4.79 Å². The molecule has 1 amide bonds. The Morgan fingerprint density at radius 1 is 0.900 bits per heavy atom. The summed E-state index contributed by atoms with van der Waals surface area (Å²) in [6.07, 6.45) is 0. The lowest BCUT2D eigenvalue weighted by Gasteiger charge is -2.10. The first-order valence-corrected chi connectivity index (χ1v) is 9.22. The van der Waals surface area contributed by atoms with Crippen molar-refractivity contribution in [3.8, 4) is 23.0 Å². The average molecular weight is 408 g/mol. The highest BCUT2D eigenvalue weighted by atomic mass is 16.6. The van der Waals surface area contributed by atoms with E-state index in [1.165, 1.54) is 12.1 Å². The number of rotatable bonds is 9. The van der Waals surface area contributed by atoms with Crippen LogP contribution in [0.5, 0.6) is 23.0 Å². The Balaban J connectivity index is 1.56. The van der Waals surface area contributed by atoms with Gasteiger partial charge in [0.15, 0.2) is 6.61 Å². The van der Waals surface area contributed by atoms with Gasteiger partial charge in [-0.2, -0.15) is 0 Å². The van der Waals surface area contributed by atoms with Crippen LogP contribution in [0.15, 0.2) is 72.8 Å². The number of nitro groups is 1. The van der Waals surface area contributed by atoms with Crippen LogP contribution in [0, 0.1) is 10.1 Å². The van der Waals surface area contributed by atoms with Gasteiger partial charge in [0, 0.05) is 0 Å². The molecule has 30 heavy (non-hydrogen) atoms. The zero-order chi connectivity index (χ0) is 21.3. The molecular weight excluding hydrogens is 388 g/mol. The van der Waals surface area contributed by atoms with Crippen LogP contribution in [0.4, 0.5) is 11.4 Å². The van der Waals surface area contributed by atoms with E-state index in [0.717, 1.165) is 0 Å². The van der Waals surface area contributed by atoms with E-state index < -0.39 is 10.8 Å². The molecule has 0 aliphatic heterocycles. The number of anilines is 1. The van der Waals surface area contributed by atoms with Crippen LogP contribution in [0.1, 0.15) is 6.92 Å². The van der Waals surface area contributed by atoms with Gasteiger partial charge >= 0.3 is 0 Å². The summed E-state index contributed by atoms with van der Waals surface area (Å²) < 4.78 is 16.4. The second kappa shape index (κ2) is 9.92. The third-order valence-corrected chi connectivity index (χ3v) is 3.92. The van der Waals surface area contributed by atoms with Gasteiger partial charge in [-0.05, 0) is 55.5 Å². The summed E-state index contributed by atoms with van der Waals surface area (Å²) in [5.41, 5.74) is -0.180. The number of nitrogens with one attached hydrogen (secondary N) is 1. The molecule has 0 saturated carbocycles. The molecular formula is C22H20N2O6. The molecule has 8 nitrogen and oxygen atoms in total.